The van der Waals surface area contributed by atoms with Gasteiger partial charge in [-0.3, -0.25) is 0 Å². The lowest BCUT2D eigenvalue weighted by molar-refractivity contribution is 0.659. The molecule has 0 saturated carbocycles. The van der Waals surface area contributed by atoms with Gasteiger partial charge in [0.2, 0.25) is 0 Å². The van der Waals surface area contributed by atoms with E-state index < -0.39 is 7.92 Å². The number of hydrogen-bond donors (Lipinski definition) is 0. The van der Waals surface area contributed by atoms with Gasteiger partial charge in [0.25, 0.3) is 0 Å². The number of fused-ring (bicyclic) bond motifs is 9. The third-order valence-corrected chi connectivity index (χ3v) is 18.2. The molecule has 338 valence electrons. The van der Waals surface area contributed by atoms with Crippen molar-refractivity contribution in [3.63, 3.8) is 0 Å². The van der Waals surface area contributed by atoms with Crippen molar-refractivity contribution in [3.05, 3.63) is 267 Å². The quantitative estimate of drug-likeness (QED) is 0.1000. The van der Waals surface area contributed by atoms with Gasteiger partial charge >= 0.3 is 0 Å². The molecular formula is C69H57P. The standard InChI is InChI=1S/C69H57P/c1-67(2)60-24-11-8-20-57(60)64-49(16-14-26-62(64)67)37-28-46-31-40-52(41-32-46)70(53-42-33-47(34-43-53)29-38-50-17-15-27-63-65(50)58-21-9-12-25-61(58)68(63,3)4)54-44-35-48(36-45-54)30-39-51-18-13-22-56-55-19-7-10-23-59(55)69(5,6)66(51)56/h7-45H,1-6H3. The molecule has 70 heavy (non-hydrogen) atoms. The maximum atomic E-state index is 2.36. The Kier molecular flexibility index (Phi) is 10.6. The summed E-state index contributed by atoms with van der Waals surface area (Å²) in [6.45, 7) is 14.1. The second-order valence-corrected chi connectivity index (χ2v) is 23.2. The Morgan fingerprint density at radius 1 is 0.271 bits per heavy atom. The summed E-state index contributed by atoms with van der Waals surface area (Å²) in [6.07, 6.45) is 13.8. The lowest BCUT2D eigenvalue weighted by atomic mass is 9.80. The van der Waals surface area contributed by atoms with Crippen molar-refractivity contribution in [1.82, 2.24) is 0 Å². The summed E-state index contributed by atoms with van der Waals surface area (Å²) >= 11 is 0. The molecule has 0 atom stereocenters. The fraction of sp³-hybridized carbons (Fsp3) is 0.130. The van der Waals surface area contributed by atoms with Crippen LogP contribution in [0.2, 0.25) is 0 Å². The van der Waals surface area contributed by atoms with E-state index in [1.54, 1.807) is 0 Å². The highest BCUT2D eigenvalue weighted by molar-refractivity contribution is 7.79. The zero-order chi connectivity index (χ0) is 47.8. The molecule has 9 aromatic carbocycles. The molecule has 0 bridgehead atoms. The van der Waals surface area contributed by atoms with Gasteiger partial charge in [-0.1, -0.05) is 278 Å². The molecule has 0 fully saturated rings. The number of rotatable bonds is 9. The third-order valence-electron chi connectivity index (χ3n) is 15.7. The van der Waals surface area contributed by atoms with Crippen LogP contribution in [0.25, 0.3) is 69.8 Å². The maximum Gasteiger partial charge on any atom is 0.0164 e. The highest BCUT2D eigenvalue weighted by Gasteiger charge is 2.38. The number of hydrogen-bond acceptors (Lipinski definition) is 0. The van der Waals surface area contributed by atoms with Crippen LogP contribution in [0.5, 0.6) is 0 Å². The molecule has 12 rings (SSSR count). The summed E-state index contributed by atoms with van der Waals surface area (Å²) in [5, 5.41) is 3.99. The van der Waals surface area contributed by atoms with Gasteiger partial charge < -0.3 is 0 Å². The fourth-order valence-corrected chi connectivity index (χ4v) is 14.3. The van der Waals surface area contributed by atoms with E-state index in [0.717, 1.165) is 0 Å². The van der Waals surface area contributed by atoms with Gasteiger partial charge in [-0.15, -0.1) is 0 Å². The van der Waals surface area contributed by atoms with E-state index in [4.69, 9.17) is 0 Å². The molecule has 0 heterocycles. The third kappa shape index (κ3) is 7.23. The first-order chi connectivity index (χ1) is 34.0. The highest BCUT2D eigenvalue weighted by atomic mass is 31.1. The lowest BCUT2D eigenvalue weighted by Gasteiger charge is -2.23. The largest absolute Gasteiger partial charge is 0.0619 e. The van der Waals surface area contributed by atoms with E-state index in [9.17, 15) is 0 Å². The van der Waals surface area contributed by atoms with Gasteiger partial charge in [0.1, 0.15) is 0 Å². The minimum atomic E-state index is -0.845. The summed E-state index contributed by atoms with van der Waals surface area (Å²) in [7, 11) is -0.845. The van der Waals surface area contributed by atoms with Crippen molar-refractivity contribution in [2.45, 2.75) is 57.8 Å². The van der Waals surface area contributed by atoms with Crippen molar-refractivity contribution in [2.24, 2.45) is 0 Å². The Morgan fingerprint density at radius 3 is 1.04 bits per heavy atom. The fourth-order valence-electron chi connectivity index (χ4n) is 12.1. The van der Waals surface area contributed by atoms with Crippen LogP contribution < -0.4 is 15.9 Å². The second-order valence-electron chi connectivity index (χ2n) is 20.9. The van der Waals surface area contributed by atoms with E-state index in [0.29, 0.717) is 0 Å². The predicted octanol–water partition coefficient (Wildman–Crippen LogP) is 16.9. The van der Waals surface area contributed by atoms with Crippen LogP contribution in [0.4, 0.5) is 0 Å². The van der Waals surface area contributed by atoms with E-state index in [1.165, 1.54) is 116 Å². The zero-order valence-electron chi connectivity index (χ0n) is 41.0. The minimum Gasteiger partial charge on any atom is -0.0619 e. The van der Waals surface area contributed by atoms with E-state index in [2.05, 4.69) is 278 Å². The van der Waals surface area contributed by atoms with Crippen LogP contribution in [0, 0.1) is 0 Å². The van der Waals surface area contributed by atoms with Gasteiger partial charge in [0, 0.05) is 16.2 Å². The van der Waals surface area contributed by atoms with Gasteiger partial charge in [0.15, 0.2) is 0 Å². The SMILES string of the molecule is CC1(C)c2ccccc2-c2c(C=Cc3ccc(P(c4ccc(C=Cc5cccc6c5-c5ccccc5C6(C)C)cc4)c4ccc(C=Cc5cccc6c5C(C)(C)c5ccccc5-6)cc4)cc3)cccc21. The average molecular weight is 917 g/mol. The van der Waals surface area contributed by atoms with Gasteiger partial charge in [-0.05, 0) is 124 Å². The van der Waals surface area contributed by atoms with Crippen LogP contribution >= 0.6 is 7.92 Å². The molecule has 0 nitrogen and oxygen atoms in total. The van der Waals surface area contributed by atoms with Crippen molar-refractivity contribution >= 4 is 60.3 Å². The Balaban J connectivity index is 0.860. The van der Waals surface area contributed by atoms with Gasteiger partial charge in [0.05, 0.1) is 0 Å². The summed E-state index contributed by atoms with van der Waals surface area (Å²) < 4.78 is 0. The van der Waals surface area contributed by atoms with Crippen LogP contribution in [0.15, 0.2) is 200 Å². The van der Waals surface area contributed by atoms with Crippen molar-refractivity contribution in [1.29, 1.82) is 0 Å². The van der Waals surface area contributed by atoms with Crippen LogP contribution in [0.1, 0.15) is 108 Å². The van der Waals surface area contributed by atoms with Crippen molar-refractivity contribution in [3.8, 4) is 33.4 Å². The second kappa shape index (κ2) is 16.9. The monoisotopic (exact) mass is 916 g/mol. The highest BCUT2D eigenvalue weighted by Crippen LogP contribution is 2.53. The molecule has 0 amide bonds. The number of benzene rings is 9. The molecule has 0 aliphatic heterocycles. The van der Waals surface area contributed by atoms with Crippen LogP contribution in [-0.2, 0) is 16.2 Å². The summed E-state index contributed by atoms with van der Waals surface area (Å²) in [5.41, 5.74) is 23.9. The smallest absolute Gasteiger partial charge is 0.0164 e. The van der Waals surface area contributed by atoms with Crippen molar-refractivity contribution < 1.29 is 0 Å². The first kappa shape index (κ1) is 43.9. The molecule has 0 saturated heterocycles. The lowest BCUT2D eigenvalue weighted by Crippen LogP contribution is -2.20. The Labute approximate surface area is 416 Å². The van der Waals surface area contributed by atoms with Crippen molar-refractivity contribution in [2.75, 3.05) is 0 Å². The van der Waals surface area contributed by atoms with Crippen LogP contribution in [0.3, 0.4) is 0 Å². The zero-order valence-corrected chi connectivity index (χ0v) is 41.9. The van der Waals surface area contributed by atoms with Gasteiger partial charge in [-0.25, -0.2) is 0 Å². The summed E-state index contributed by atoms with van der Waals surface area (Å²) in [5.74, 6) is 0. The first-order valence-electron chi connectivity index (χ1n) is 24.8. The molecule has 3 aliphatic carbocycles. The Bertz CT molecular complexity index is 3430. The molecule has 0 radical (unpaired) electrons. The maximum absolute atomic E-state index is 2.36. The molecular weight excluding hydrogens is 860 g/mol. The predicted molar refractivity (Wildman–Crippen MR) is 304 cm³/mol. The molecule has 0 aromatic heterocycles. The topological polar surface area (TPSA) is 0 Å². The first-order valence-corrected chi connectivity index (χ1v) is 26.2. The molecule has 0 N–H and O–H groups in total. The molecule has 0 spiro atoms. The molecule has 1 heteroatoms. The molecule has 9 aromatic rings. The summed E-state index contributed by atoms with van der Waals surface area (Å²) in [6, 6.07) is 74.9. The molecule has 3 aliphatic rings. The normalized spacial score (nSPS) is 15.7. The Hall–Kier alpha value is -7.37. The summed E-state index contributed by atoms with van der Waals surface area (Å²) in [4.78, 5) is 0. The molecule has 0 unspecified atom stereocenters. The van der Waals surface area contributed by atoms with Crippen LogP contribution in [-0.4, -0.2) is 0 Å². The van der Waals surface area contributed by atoms with E-state index in [-0.39, 0.29) is 16.2 Å². The average Bonchev–Trinajstić information content (AvgIpc) is 3.89. The minimum absolute atomic E-state index is 0.0177. The van der Waals surface area contributed by atoms with Gasteiger partial charge in [-0.2, -0.15) is 0 Å². The Morgan fingerprint density at radius 2 is 0.600 bits per heavy atom. The van der Waals surface area contributed by atoms with E-state index >= 15 is 0 Å². The van der Waals surface area contributed by atoms with E-state index in [1.807, 2.05) is 0 Å².